The quantitative estimate of drug-likeness (QED) is 0.164. The molecule has 56 heavy (non-hydrogen) atoms. The van der Waals surface area contributed by atoms with Crippen molar-refractivity contribution in [1.29, 1.82) is 0 Å². The number of fused-ring (bicyclic) bond motifs is 7. The molecule has 11 aromatic rings. The van der Waals surface area contributed by atoms with Gasteiger partial charge in [0.2, 0.25) is 0 Å². The van der Waals surface area contributed by atoms with Gasteiger partial charge >= 0.3 is 0 Å². The molecule has 4 nitrogen and oxygen atoms in total. The molecule has 0 aliphatic rings. The number of hydrogen-bond acceptors (Lipinski definition) is 3. The van der Waals surface area contributed by atoms with Gasteiger partial charge in [-0.05, 0) is 108 Å². The molecule has 0 radical (unpaired) electrons. The van der Waals surface area contributed by atoms with Crippen molar-refractivity contribution in [1.82, 2.24) is 4.57 Å². The lowest BCUT2D eigenvalue weighted by Gasteiger charge is -2.30. The van der Waals surface area contributed by atoms with Crippen LogP contribution in [0.3, 0.4) is 0 Å². The van der Waals surface area contributed by atoms with Gasteiger partial charge in [-0.15, -0.1) is 0 Å². The zero-order valence-electron chi connectivity index (χ0n) is 30.5. The maximum Gasteiger partial charge on any atom is 0.136 e. The summed E-state index contributed by atoms with van der Waals surface area (Å²) in [5.74, 6) is 0. The van der Waals surface area contributed by atoms with E-state index in [9.17, 15) is 0 Å². The summed E-state index contributed by atoms with van der Waals surface area (Å²) in [6.07, 6.45) is 0. The van der Waals surface area contributed by atoms with Crippen LogP contribution in [0.5, 0.6) is 0 Å². The minimum Gasteiger partial charge on any atom is -0.456 e. The molecule has 0 fully saturated rings. The van der Waals surface area contributed by atoms with Crippen molar-refractivity contribution >= 4 is 88.6 Å². The molecule has 2 heterocycles. The predicted molar refractivity (Wildman–Crippen MR) is 235 cm³/mol. The summed E-state index contributed by atoms with van der Waals surface area (Å²) in [5, 5.41) is 6.92. The van der Waals surface area contributed by atoms with Gasteiger partial charge in [0.15, 0.2) is 0 Å². The third-order valence-corrected chi connectivity index (χ3v) is 10.9. The molecule has 0 amide bonds. The van der Waals surface area contributed by atoms with E-state index in [1.807, 2.05) is 0 Å². The number of hydrogen-bond donors (Lipinski definition) is 0. The monoisotopic (exact) mass is 717 g/mol. The second-order valence-corrected chi connectivity index (χ2v) is 14.2. The Kier molecular flexibility index (Phi) is 7.46. The smallest absolute Gasteiger partial charge is 0.136 e. The van der Waals surface area contributed by atoms with E-state index >= 15 is 0 Å². The second-order valence-electron chi connectivity index (χ2n) is 14.2. The molecule has 0 aliphatic carbocycles. The minimum atomic E-state index is 0.867. The highest BCUT2D eigenvalue weighted by Crippen LogP contribution is 2.48. The van der Waals surface area contributed by atoms with Gasteiger partial charge in [-0.1, -0.05) is 115 Å². The molecule has 0 N–H and O–H groups in total. The van der Waals surface area contributed by atoms with Crippen LogP contribution in [0.25, 0.3) is 60.2 Å². The first-order chi connectivity index (χ1) is 27.8. The van der Waals surface area contributed by atoms with E-state index in [1.54, 1.807) is 0 Å². The first-order valence-electron chi connectivity index (χ1n) is 19.0. The highest BCUT2D eigenvalue weighted by molar-refractivity contribution is 6.18. The van der Waals surface area contributed by atoms with Gasteiger partial charge < -0.3 is 18.8 Å². The van der Waals surface area contributed by atoms with Crippen LogP contribution in [0, 0.1) is 0 Å². The van der Waals surface area contributed by atoms with E-state index in [4.69, 9.17) is 4.42 Å². The number of anilines is 6. The third-order valence-electron chi connectivity index (χ3n) is 10.9. The maximum atomic E-state index is 6.48. The Morgan fingerprint density at radius 1 is 0.339 bits per heavy atom. The first kappa shape index (κ1) is 31.9. The lowest BCUT2D eigenvalue weighted by Crippen LogP contribution is -2.14. The SMILES string of the molecule is c1ccc(N(c2ccc3oc4cc5ccccc5cc4c3c2)c2cc(N(c3ccccc3)c3ccccc3)c3c4ccccc4n(-c4ccccc4)c3c2)cc1. The van der Waals surface area contributed by atoms with E-state index < -0.39 is 0 Å². The minimum absolute atomic E-state index is 0.867. The van der Waals surface area contributed by atoms with Crippen molar-refractivity contribution in [2.24, 2.45) is 0 Å². The first-order valence-corrected chi connectivity index (χ1v) is 19.0. The van der Waals surface area contributed by atoms with Crippen LogP contribution in [-0.4, -0.2) is 4.57 Å². The topological polar surface area (TPSA) is 24.6 Å². The van der Waals surface area contributed by atoms with E-state index in [1.165, 1.54) is 21.5 Å². The lowest BCUT2D eigenvalue weighted by molar-refractivity contribution is 0.669. The summed E-state index contributed by atoms with van der Waals surface area (Å²) in [6.45, 7) is 0. The molecular formula is C52H35N3O. The lowest BCUT2D eigenvalue weighted by atomic mass is 10.0. The van der Waals surface area contributed by atoms with Crippen molar-refractivity contribution in [3.05, 3.63) is 212 Å². The average molecular weight is 718 g/mol. The summed E-state index contributed by atoms with van der Waals surface area (Å²) < 4.78 is 8.89. The van der Waals surface area contributed by atoms with Crippen LogP contribution in [0.1, 0.15) is 0 Å². The molecule has 0 unspecified atom stereocenters. The van der Waals surface area contributed by atoms with Crippen LogP contribution in [0.4, 0.5) is 34.1 Å². The fraction of sp³-hybridized carbons (Fsp3) is 0. The summed E-state index contributed by atoms with van der Waals surface area (Å²) in [7, 11) is 0. The molecule has 11 rings (SSSR count). The number of benzene rings is 9. The fourth-order valence-electron chi connectivity index (χ4n) is 8.42. The maximum absolute atomic E-state index is 6.48. The van der Waals surface area contributed by atoms with Crippen LogP contribution >= 0.6 is 0 Å². The van der Waals surface area contributed by atoms with Crippen molar-refractivity contribution in [2.75, 3.05) is 9.80 Å². The molecule has 2 aromatic heterocycles. The van der Waals surface area contributed by atoms with E-state index in [0.29, 0.717) is 0 Å². The van der Waals surface area contributed by atoms with Crippen molar-refractivity contribution in [3.63, 3.8) is 0 Å². The van der Waals surface area contributed by atoms with Gasteiger partial charge in [0, 0.05) is 50.0 Å². The molecular weight excluding hydrogens is 683 g/mol. The second kappa shape index (κ2) is 13.1. The molecule has 0 spiro atoms. The van der Waals surface area contributed by atoms with Gasteiger partial charge in [-0.2, -0.15) is 0 Å². The van der Waals surface area contributed by atoms with Gasteiger partial charge in [-0.3, -0.25) is 0 Å². The Labute approximate surface area is 324 Å². The Bertz CT molecular complexity index is 3150. The molecule has 0 saturated carbocycles. The molecule has 4 heteroatoms. The number of para-hydroxylation sites is 5. The largest absolute Gasteiger partial charge is 0.456 e. The standard InChI is InChI=1S/C52H35N3O/c1-5-19-38(20-6-1)53(42-29-30-50-46(33-42)45-31-36-17-13-14-18-37(36)32-51(45)56-50)43-34-48(54(39-21-7-2-8-22-39)40-23-9-3-10-24-40)52-44-27-15-16-28-47(44)55(49(52)35-43)41-25-11-4-12-26-41/h1-35H. The van der Waals surface area contributed by atoms with E-state index in [-0.39, 0.29) is 0 Å². The van der Waals surface area contributed by atoms with E-state index in [0.717, 1.165) is 72.8 Å². The normalized spacial score (nSPS) is 11.6. The number of nitrogens with zero attached hydrogens (tertiary/aromatic N) is 3. The van der Waals surface area contributed by atoms with Crippen LogP contribution in [-0.2, 0) is 0 Å². The zero-order chi connectivity index (χ0) is 37.0. The van der Waals surface area contributed by atoms with E-state index in [2.05, 4.69) is 227 Å². The molecule has 0 aliphatic heterocycles. The molecule has 0 saturated heterocycles. The summed E-state index contributed by atoms with van der Waals surface area (Å²) in [6, 6.07) is 75.7. The van der Waals surface area contributed by atoms with Gasteiger partial charge in [0.05, 0.1) is 22.4 Å². The van der Waals surface area contributed by atoms with Gasteiger partial charge in [0.1, 0.15) is 11.2 Å². The summed E-state index contributed by atoms with van der Waals surface area (Å²) in [5.41, 5.74) is 11.5. The highest BCUT2D eigenvalue weighted by atomic mass is 16.3. The number of furan rings is 1. The molecule has 0 atom stereocenters. The number of aromatic nitrogens is 1. The average Bonchev–Trinajstić information content (AvgIpc) is 3.79. The summed E-state index contributed by atoms with van der Waals surface area (Å²) in [4.78, 5) is 4.78. The Morgan fingerprint density at radius 3 is 1.57 bits per heavy atom. The third kappa shape index (κ3) is 5.23. The number of rotatable bonds is 7. The fourth-order valence-corrected chi connectivity index (χ4v) is 8.42. The van der Waals surface area contributed by atoms with Crippen molar-refractivity contribution < 1.29 is 4.42 Å². The summed E-state index contributed by atoms with van der Waals surface area (Å²) >= 11 is 0. The van der Waals surface area contributed by atoms with Crippen molar-refractivity contribution in [2.45, 2.75) is 0 Å². The molecule has 264 valence electrons. The predicted octanol–water partition coefficient (Wildman–Crippen LogP) is 14.8. The van der Waals surface area contributed by atoms with Crippen LogP contribution in [0.15, 0.2) is 217 Å². The van der Waals surface area contributed by atoms with Crippen LogP contribution < -0.4 is 9.80 Å². The zero-order valence-corrected chi connectivity index (χ0v) is 30.5. The highest BCUT2D eigenvalue weighted by Gasteiger charge is 2.25. The molecule has 9 aromatic carbocycles. The van der Waals surface area contributed by atoms with Crippen LogP contribution in [0.2, 0.25) is 0 Å². The Balaban J connectivity index is 1.25. The Hall–Kier alpha value is -7.56. The molecule has 0 bridgehead atoms. The van der Waals surface area contributed by atoms with Gasteiger partial charge in [-0.25, -0.2) is 0 Å². The van der Waals surface area contributed by atoms with Gasteiger partial charge in [0.25, 0.3) is 0 Å². The van der Waals surface area contributed by atoms with Crippen molar-refractivity contribution in [3.8, 4) is 5.69 Å². The Morgan fingerprint density at radius 2 is 0.893 bits per heavy atom.